The molecule has 1 aromatic carbocycles. The van der Waals surface area contributed by atoms with E-state index in [9.17, 15) is 0 Å². The van der Waals surface area contributed by atoms with E-state index in [0.29, 0.717) is 5.92 Å². The van der Waals surface area contributed by atoms with Crippen molar-refractivity contribution in [3.05, 3.63) is 48.0 Å². The standard InChI is InChI=1S/C13H18/c1-4-7-11(2)10-13-9-6-5-8-12(13)3/h4-6,8-9,11H,1,7,10H2,2-3H3. The van der Waals surface area contributed by atoms with Crippen molar-refractivity contribution in [2.75, 3.05) is 0 Å². The highest BCUT2D eigenvalue weighted by atomic mass is 14.1. The average molecular weight is 174 g/mol. The Morgan fingerprint density at radius 3 is 2.69 bits per heavy atom. The van der Waals surface area contributed by atoms with E-state index >= 15 is 0 Å². The molecule has 13 heavy (non-hydrogen) atoms. The van der Waals surface area contributed by atoms with Crippen LogP contribution in [0.5, 0.6) is 0 Å². The predicted octanol–water partition coefficient (Wildman–Crippen LogP) is 3.75. The van der Waals surface area contributed by atoms with Crippen molar-refractivity contribution in [3.63, 3.8) is 0 Å². The van der Waals surface area contributed by atoms with E-state index < -0.39 is 0 Å². The number of benzene rings is 1. The van der Waals surface area contributed by atoms with Gasteiger partial charge in [0.05, 0.1) is 0 Å². The van der Waals surface area contributed by atoms with Gasteiger partial charge in [-0.05, 0) is 36.8 Å². The molecule has 0 aliphatic heterocycles. The molecule has 0 heteroatoms. The highest BCUT2D eigenvalue weighted by Crippen LogP contribution is 2.15. The van der Waals surface area contributed by atoms with Crippen LogP contribution in [0, 0.1) is 12.8 Å². The zero-order valence-electron chi connectivity index (χ0n) is 8.59. The molecule has 0 aromatic heterocycles. The summed E-state index contributed by atoms with van der Waals surface area (Å²) in [4.78, 5) is 0. The summed E-state index contributed by atoms with van der Waals surface area (Å²) in [7, 11) is 0. The topological polar surface area (TPSA) is 0 Å². The van der Waals surface area contributed by atoms with Gasteiger partial charge in [0.1, 0.15) is 0 Å². The van der Waals surface area contributed by atoms with E-state index in [1.54, 1.807) is 0 Å². The fraction of sp³-hybridized carbons (Fsp3) is 0.385. The molecular weight excluding hydrogens is 156 g/mol. The minimum atomic E-state index is 0.707. The van der Waals surface area contributed by atoms with Crippen LogP contribution in [0.15, 0.2) is 36.9 Å². The molecule has 1 rings (SSSR count). The Labute approximate surface area is 81.3 Å². The van der Waals surface area contributed by atoms with Crippen molar-refractivity contribution in [3.8, 4) is 0 Å². The van der Waals surface area contributed by atoms with Gasteiger partial charge in [-0.3, -0.25) is 0 Å². The number of aryl methyl sites for hydroxylation is 1. The first-order chi connectivity index (χ1) is 6.24. The average Bonchev–Trinajstić information content (AvgIpc) is 2.09. The van der Waals surface area contributed by atoms with Crippen molar-refractivity contribution >= 4 is 0 Å². The first kappa shape index (κ1) is 10.0. The molecule has 0 fully saturated rings. The maximum Gasteiger partial charge on any atom is -0.0247 e. The lowest BCUT2D eigenvalue weighted by Gasteiger charge is -2.10. The Balaban J connectivity index is 2.63. The van der Waals surface area contributed by atoms with Crippen molar-refractivity contribution < 1.29 is 0 Å². The van der Waals surface area contributed by atoms with Gasteiger partial charge in [-0.1, -0.05) is 37.3 Å². The summed E-state index contributed by atoms with van der Waals surface area (Å²) < 4.78 is 0. The number of hydrogen-bond donors (Lipinski definition) is 0. The van der Waals surface area contributed by atoms with Crippen molar-refractivity contribution in [2.45, 2.75) is 26.7 Å². The van der Waals surface area contributed by atoms with Crippen LogP contribution in [0.25, 0.3) is 0 Å². The van der Waals surface area contributed by atoms with Crippen LogP contribution < -0.4 is 0 Å². The Bertz CT molecular complexity index is 273. The highest BCUT2D eigenvalue weighted by molar-refractivity contribution is 5.25. The van der Waals surface area contributed by atoms with E-state index in [1.165, 1.54) is 17.5 Å². The molecule has 0 amide bonds. The number of hydrogen-bond acceptors (Lipinski definition) is 0. The summed E-state index contributed by atoms with van der Waals surface area (Å²) in [6, 6.07) is 8.60. The SMILES string of the molecule is C=CCC(C)Cc1ccccc1C. The second-order valence-corrected chi connectivity index (χ2v) is 3.76. The predicted molar refractivity (Wildman–Crippen MR) is 58.9 cm³/mol. The quantitative estimate of drug-likeness (QED) is 0.610. The third-order valence-electron chi connectivity index (χ3n) is 2.40. The normalized spacial score (nSPS) is 12.5. The summed E-state index contributed by atoms with van der Waals surface area (Å²) in [6.07, 6.45) is 4.27. The molecule has 0 aliphatic rings. The zero-order valence-corrected chi connectivity index (χ0v) is 8.59. The molecule has 0 spiro atoms. The van der Waals surface area contributed by atoms with Crippen LogP contribution in [0.2, 0.25) is 0 Å². The van der Waals surface area contributed by atoms with Gasteiger partial charge in [0.2, 0.25) is 0 Å². The molecule has 0 saturated carbocycles. The lowest BCUT2D eigenvalue weighted by atomic mass is 9.95. The second kappa shape index (κ2) is 4.86. The van der Waals surface area contributed by atoms with Gasteiger partial charge in [-0.25, -0.2) is 0 Å². The molecule has 0 nitrogen and oxygen atoms in total. The maximum atomic E-state index is 3.76. The van der Waals surface area contributed by atoms with Crippen molar-refractivity contribution in [1.82, 2.24) is 0 Å². The van der Waals surface area contributed by atoms with E-state index in [-0.39, 0.29) is 0 Å². The molecule has 1 aromatic rings. The van der Waals surface area contributed by atoms with Gasteiger partial charge >= 0.3 is 0 Å². The first-order valence-electron chi connectivity index (χ1n) is 4.89. The molecule has 0 bridgehead atoms. The molecular formula is C13H18. The minimum Gasteiger partial charge on any atom is -0.103 e. The van der Waals surface area contributed by atoms with Crippen LogP contribution >= 0.6 is 0 Å². The fourth-order valence-electron chi connectivity index (χ4n) is 1.58. The van der Waals surface area contributed by atoms with E-state index in [1.807, 2.05) is 6.08 Å². The molecule has 0 N–H and O–H groups in total. The maximum absolute atomic E-state index is 3.76. The van der Waals surface area contributed by atoms with Gasteiger partial charge in [0.15, 0.2) is 0 Å². The van der Waals surface area contributed by atoms with Gasteiger partial charge in [0, 0.05) is 0 Å². The summed E-state index contributed by atoms with van der Waals surface area (Å²) >= 11 is 0. The monoisotopic (exact) mass is 174 g/mol. The van der Waals surface area contributed by atoms with Gasteiger partial charge in [-0.2, -0.15) is 0 Å². The summed E-state index contributed by atoms with van der Waals surface area (Å²) in [5, 5.41) is 0. The third-order valence-corrected chi connectivity index (χ3v) is 2.40. The Morgan fingerprint density at radius 1 is 1.38 bits per heavy atom. The molecule has 0 radical (unpaired) electrons. The molecule has 0 heterocycles. The largest absolute Gasteiger partial charge is 0.103 e. The van der Waals surface area contributed by atoms with Crippen LogP contribution in [-0.2, 0) is 6.42 Å². The molecule has 1 atom stereocenters. The van der Waals surface area contributed by atoms with E-state index in [4.69, 9.17) is 0 Å². The van der Waals surface area contributed by atoms with Crippen molar-refractivity contribution in [2.24, 2.45) is 5.92 Å². The summed E-state index contributed by atoms with van der Waals surface area (Å²) in [5.74, 6) is 0.707. The minimum absolute atomic E-state index is 0.707. The number of rotatable bonds is 4. The van der Waals surface area contributed by atoms with Gasteiger partial charge < -0.3 is 0 Å². The van der Waals surface area contributed by atoms with E-state index in [0.717, 1.165) is 6.42 Å². The summed E-state index contributed by atoms with van der Waals surface area (Å²) in [5.41, 5.74) is 2.87. The lowest BCUT2D eigenvalue weighted by molar-refractivity contribution is 0.589. The summed E-state index contributed by atoms with van der Waals surface area (Å²) in [6.45, 7) is 8.21. The van der Waals surface area contributed by atoms with Crippen LogP contribution in [0.1, 0.15) is 24.5 Å². The second-order valence-electron chi connectivity index (χ2n) is 3.76. The Hall–Kier alpha value is -1.04. The Kier molecular flexibility index (Phi) is 3.75. The van der Waals surface area contributed by atoms with Crippen LogP contribution in [0.3, 0.4) is 0 Å². The lowest BCUT2D eigenvalue weighted by Crippen LogP contribution is -1.99. The van der Waals surface area contributed by atoms with Gasteiger partial charge in [0.25, 0.3) is 0 Å². The molecule has 0 saturated heterocycles. The third kappa shape index (κ3) is 3.06. The first-order valence-corrected chi connectivity index (χ1v) is 4.89. The van der Waals surface area contributed by atoms with E-state index in [2.05, 4.69) is 44.7 Å². The Morgan fingerprint density at radius 2 is 2.08 bits per heavy atom. The molecule has 1 unspecified atom stereocenters. The zero-order chi connectivity index (χ0) is 9.68. The smallest absolute Gasteiger partial charge is 0.0247 e. The molecule has 0 aliphatic carbocycles. The van der Waals surface area contributed by atoms with Crippen LogP contribution in [0.4, 0.5) is 0 Å². The van der Waals surface area contributed by atoms with Gasteiger partial charge in [-0.15, -0.1) is 6.58 Å². The van der Waals surface area contributed by atoms with Crippen molar-refractivity contribution in [1.29, 1.82) is 0 Å². The number of allylic oxidation sites excluding steroid dienone is 1. The fourth-order valence-corrected chi connectivity index (χ4v) is 1.58. The molecule has 70 valence electrons. The van der Waals surface area contributed by atoms with Crippen LogP contribution in [-0.4, -0.2) is 0 Å². The highest BCUT2D eigenvalue weighted by Gasteiger charge is 2.02.